The van der Waals surface area contributed by atoms with E-state index in [1.165, 1.54) is 14.2 Å². The Bertz CT molecular complexity index is 842. The van der Waals surface area contributed by atoms with Crippen molar-refractivity contribution < 1.29 is 19.1 Å². The number of hydrogen-bond donors (Lipinski definition) is 2. The van der Waals surface area contributed by atoms with Crippen molar-refractivity contribution in [2.24, 2.45) is 0 Å². The molecule has 2 N–H and O–H groups in total. The summed E-state index contributed by atoms with van der Waals surface area (Å²) in [5, 5.41) is 5.32. The van der Waals surface area contributed by atoms with Crippen molar-refractivity contribution in [1.82, 2.24) is 5.32 Å². The molecule has 0 spiro atoms. The quantitative estimate of drug-likeness (QED) is 0.825. The van der Waals surface area contributed by atoms with Gasteiger partial charge in [-0.05, 0) is 18.2 Å². The normalized spacial score (nSPS) is 13.8. The van der Waals surface area contributed by atoms with E-state index < -0.39 is 11.8 Å². The van der Waals surface area contributed by atoms with Gasteiger partial charge >= 0.3 is 0 Å². The number of anilines is 1. The molecule has 0 radical (unpaired) electrons. The van der Waals surface area contributed by atoms with Crippen LogP contribution in [0.1, 0.15) is 5.56 Å². The molecule has 24 heavy (non-hydrogen) atoms. The van der Waals surface area contributed by atoms with Crippen LogP contribution in [0.4, 0.5) is 5.69 Å². The number of imide groups is 1. The van der Waals surface area contributed by atoms with Crippen LogP contribution in [0.2, 0.25) is 0 Å². The van der Waals surface area contributed by atoms with Crippen LogP contribution in [-0.4, -0.2) is 26.0 Å². The minimum absolute atomic E-state index is 0.161. The van der Waals surface area contributed by atoms with Gasteiger partial charge in [0.2, 0.25) is 0 Å². The molecule has 3 rings (SSSR count). The summed E-state index contributed by atoms with van der Waals surface area (Å²) in [6.07, 6.45) is 0. The van der Waals surface area contributed by atoms with E-state index in [1.54, 1.807) is 36.4 Å². The number of rotatable bonds is 5. The highest BCUT2D eigenvalue weighted by Gasteiger charge is 2.33. The average molecular weight is 324 g/mol. The maximum atomic E-state index is 12.3. The number of para-hydroxylation sites is 3. The van der Waals surface area contributed by atoms with Crippen LogP contribution in [0.3, 0.4) is 0 Å². The smallest absolute Gasteiger partial charge is 0.275 e. The van der Waals surface area contributed by atoms with Gasteiger partial charge < -0.3 is 14.8 Å². The molecule has 2 aromatic rings. The van der Waals surface area contributed by atoms with Crippen molar-refractivity contribution in [3.63, 3.8) is 0 Å². The second-order valence-corrected chi connectivity index (χ2v) is 5.06. The number of amides is 2. The first kappa shape index (κ1) is 15.6. The van der Waals surface area contributed by atoms with Crippen molar-refractivity contribution in [2.45, 2.75) is 0 Å². The first-order valence-corrected chi connectivity index (χ1v) is 7.29. The minimum atomic E-state index is -0.494. The first-order chi connectivity index (χ1) is 11.7. The predicted octanol–water partition coefficient (Wildman–Crippen LogP) is 2.18. The van der Waals surface area contributed by atoms with Crippen LogP contribution in [0.15, 0.2) is 54.2 Å². The molecule has 0 unspecified atom stereocenters. The number of methoxy groups -OCH3 is 2. The average Bonchev–Trinajstić information content (AvgIpc) is 2.88. The van der Waals surface area contributed by atoms with Crippen LogP contribution < -0.4 is 20.1 Å². The molecule has 0 saturated heterocycles. The van der Waals surface area contributed by atoms with E-state index >= 15 is 0 Å². The van der Waals surface area contributed by atoms with E-state index in [0.717, 1.165) is 0 Å². The molecule has 6 heteroatoms. The molecule has 122 valence electrons. The van der Waals surface area contributed by atoms with E-state index in [-0.39, 0.29) is 11.3 Å². The van der Waals surface area contributed by atoms with Crippen molar-refractivity contribution in [2.75, 3.05) is 19.5 Å². The lowest BCUT2D eigenvalue weighted by atomic mass is 10.0. The Morgan fingerprint density at radius 3 is 2.17 bits per heavy atom. The summed E-state index contributed by atoms with van der Waals surface area (Å²) in [4.78, 5) is 24.5. The summed E-state index contributed by atoms with van der Waals surface area (Å²) in [5.74, 6) is 0.113. The standard InChI is InChI=1S/C18H16N2O4/c1-23-13-9-5-3-7-11(13)15-16(18(22)20-17(15)21)19-12-8-4-6-10-14(12)24-2/h3-10H,1-2H3,(H2,19,20,21,22). The molecular weight excluding hydrogens is 308 g/mol. The maximum absolute atomic E-state index is 12.3. The fraction of sp³-hybridized carbons (Fsp3) is 0.111. The lowest BCUT2D eigenvalue weighted by molar-refractivity contribution is -0.123. The molecule has 0 atom stereocenters. The molecule has 1 aliphatic heterocycles. The van der Waals surface area contributed by atoms with Gasteiger partial charge in [-0.1, -0.05) is 30.3 Å². The molecule has 2 aromatic carbocycles. The third-order valence-corrected chi connectivity index (χ3v) is 3.67. The van der Waals surface area contributed by atoms with E-state index in [0.29, 0.717) is 22.7 Å². The topological polar surface area (TPSA) is 76.7 Å². The first-order valence-electron chi connectivity index (χ1n) is 7.29. The van der Waals surface area contributed by atoms with E-state index in [2.05, 4.69) is 10.6 Å². The Morgan fingerprint density at radius 2 is 1.46 bits per heavy atom. The number of benzene rings is 2. The number of ether oxygens (including phenoxy) is 2. The molecule has 0 bridgehead atoms. The Labute approximate surface area is 139 Å². The molecule has 0 fully saturated rings. The monoisotopic (exact) mass is 324 g/mol. The van der Waals surface area contributed by atoms with Crippen LogP contribution in [0.25, 0.3) is 5.57 Å². The largest absolute Gasteiger partial charge is 0.496 e. The molecule has 0 saturated carbocycles. The highest BCUT2D eigenvalue weighted by molar-refractivity contribution is 6.37. The Balaban J connectivity index is 2.12. The number of carbonyl (C=O) groups is 2. The number of nitrogens with one attached hydrogen (secondary N) is 2. The van der Waals surface area contributed by atoms with Crippen molar-refractivity contribution in [3.8, 4) is 11.5 Å². The highest BCUT2D eigenvalue weighted by Crippen LogP contribution is 2.33. The fourth-order valence-electron chi connectivity index (χ4n) is 2.57. The third-order valence-electron chi connectivity index (χ3n) is 3.67. The lowest BCUT2D eigenvalue weighted by Gasteiger charge is -2.13. The maximum Gasteiger partial charge on any atom is 0.275 e. The van der Waals surface area contributed by atoms with Crippen LogP contribution in [0.5, 0.6) is 11.5 Å². The predicted molar refractivity (Wildman–Crippen MR) is 89.7 cm³/mol. The number of carbonyl (C=O) groups excluding carboxylic acids is 2. The number of hydrogen-bond acceptors (Lipinski definition) is 5. The van der Waals surface area contributed by atoms with Gasteiger partial charge in [-0.2, -0.15) is 0 Å². The van der Waals surface area contributed by atoms with Gasteiger partial charge in [0, 0.05) is 5.56 Å². The Kier molecular flexibility index (Phi) is 4.20. The minimum Gasteiger partial charge on any atom is -0.496 e. The zero-order valence-electron chi connectivity index (χ0n) is 13.3. The summed E-state index contributed by atoms with van der Waals surface area (Å²) in [7, 11) is 3.05. The van der Waals surface area contributed by atoms with Gasteiger partial charge in [-0.15, -0.1) is 0 Å². The SMILES string of the molecule is COc1ccccc1NC1=C(c2ccccc2OC)C(=O)NC1=O. The molecule has 0 aromatic heterocycles. The second-order valence-electron chi connectivity index (χ2n) is 5.06. The van der Waals surface area contributed by atoms with Crippen LogP contribution in [-0.2, 0) is 9.59 Å². The van der Waals surface area contributed by atoms with E-state index in [9.17, 15) is 9.59 Å². The second kappa shape index (κ2) is 6.45. The molecule has 0 aliphatic carbocycles. The zero-order valence-corrected chi connectivity index (χ0v) is 13.3. The third kappa shape index (κ3) is 2.69. The van der Waals surface area contributed by atoms with Gasteiger partial charge in [0.05, 0.1) is 25.5 Å². The molecule has 1 heterocycles. The molecular formula is C18H16N2O4. The van der Waals surface area contributed by atoms with Gasteiger partial charge in [0.15, 0.2) is 0 Å². The Hall–Kier alpha value is -3.28. The summed E-state index contributed by atoms with van der Waals surface area (Å²) in [6, 6.07) is 14.2. The van der Waals surface area contributed by atoms with Gasteiger partial charge in [-0.3, -0.25) is 14.9 Å². The van der Waals surface area contributed by atoms with Gasteiger partial charge in [0.25, 0.3) is 11.8 Å². The zero-order chi connectivity index (χ0) is 17.1. The summed E-state index contributed by atoms with van der Waals surface area (Å²) >= 11 is 0. The van der Waals surface area contributed by atoms with E-state index in [4.69, 9.17) is 9.47 Å². The fourth-order valence-corrected chi connectivity index (χ4v) is 2.57. The summed E-state index contributed by atoms with van der Waals surface area (Å²) < 4.78 is 10.6. The summed E-state index contributed by atoms with van der Waals surface area (Å²) in [5.41, 5.74) is 1.53. The highest BCUT2D eigenvalue weighted by atomic mass is 16.5. The molecule has 2 amide bonds. The molecule has 1 aliphatic rings. The van der Waals surface area contributed by atoms with Gasteiger partial charge in [-0.25, -0.2) is 0 Å². The summed E-state index contributed by atoms with van der Waals surface area (Å²) in [6.45, 7) is 0. The van der Waals surface area contributed by atoms with E-state index in [1.807, 2.05) is 12.1 Å². The van der Waals surface area contributed by atoms with Crippen molar-refractivity contribution in [1.29, 1.82) is 0 Å². The van der Waals surface area contributed by atoms with Crippen LogP contribution >= 0.6 is 0 Å². The lowest BCUT2D eigenvalue weighted by Crippen LogP contribution is -2.24. The molecule has 6 nitrogen and oxygen atoms in total. The van der Waals surface area contributed by atoms with Crippen molar-refractivity contribution in [3.05, 3.63) is 59.8 Å². The van der Waals surface area contributed by atoms with Gasteiger partial charge in [0.1, 0.15) is 17.2 Å². The van der Waals surface area contributed by atoms with Crippen molar-refractivity contribution >= 4 is 23.1 Å². The van der Waals surface area contributed by atoms with Crippen LogP contribution in [0, 0.1) is 0 Å². The Morgan fingerprint density at radius 1 is 0.833 bits per heavy atom.